The first kappa shape index (κ1) is 12.8. The fraction of sp³-hybridized carbons (Fsp3) is 0.571. The summed E-state index contributed by atoms with van der Waals surface area (Å²) in [6, 6.07) is 8.84. The molecule has 0 aliphatic rings. The number of unbranched alkanes of at least 4 members (excludes halogenated alkanes) is 3. The van der Waals surface area contributed by atoms with E-state index in [1.54, 1.807) is 0 Å². The summed E-state index contributed by atoms with van der Waals surface area (Å²) in [5, 5.41) is 0. The summed E-state index contributed by atoms with van der Waals surface area (Å²) in [5.41, 5.74) is 2.75. The summed E-state index contributed by atoms with van der Waals surface area (Å²) in [5.74, 6) is 0. The fourth-order valence-corrected chi connectivity index (χ4v) is 2.32. The minimum atomic E-state index is 0.537. The molecular weight excluding hydrogens is 248 g/mol. The Morgan fingerprint density at radius 2 is 1.73 bits per heavy atom. The molecule has 1 atom stereocenters. The zero-order valence-corrected chi connectivity index (χ0v) is 11.4. The van der Waals surface area contributed by atoms with Crippen molar-refractivity contribution in [3.05, 3.63) is 35.4 Å². The molecule has 0 saturated carbocycles. The molecule has 0 aromatic heterocycles. The number of benzene rings is 1. The monoisotopic (exact) mass is 268 g/mol. The minimum Gasteiger partial charge on any atom is -0.0839 e. The maximum absolute atomic E-state index is 3.76. The average molecular weight is 269 g/mol. The van der Waals surface area contributed by atoms with Crippen LogP contribution in [0.25, 0.3) is 0 Å². The molecule has 1 rings (SSSR count). The van der Waals surface area contributed by atoms with Crippen LogP contribution in [-0.4, -0.2) is 0 Å². The number of rotatable bonds is 6. The molecule has 0 fully saturated rings. The van der Waals surface area contributed by atoms with E-state index >= 15 is 0 Å². The Labute approximate surface area is 102 Å². The van der Waals surface area contributed by atoms with Crippen LogP contribution in [0.15, 0.2) is 24.3 Å². The highest BCUT2D eigenvalue weighted by Crippen LogP contribution is 2.28. The predicted molar refractivity (Wildman–Crippen MR) is 71.6 cm³/mol. The molecule has 0 spiro atoms. The van der Waals surface area contributed by atoms with Crippen LogP contribution in [0, 0.1) is 6.92 Å². The molecule has 0 amide bonds. The Hall–Kier alpha value is -0.300. The Kier molecular flexibility index (Phi) is 6.00. The summed E-state index contributed by atoms with van der Waals surface area (Å²) in [6.45, 7) is 4.39. The lowest BCUT2D eigenvalue weighted by Gasteiger charge is -2.10. The molecule has 1 aromatic carbocycles. The number of alkyl halides is 1. The van der Waals surface area contributed by atoms with Crippen molar-refractivity contribution in [1.82, 2.24) is 0 Å². The topological polar surface area (TPSA) is 0 Å². The maximum atomic E-state index is 3.76. The molecule has 0 aliphatic carbocycles. The van der Waals surface area contributed by atoms with E-state index in [0.29, 0.717) is 4.83 Å². The van der Waals surface area contributed by atoms with Gasteiger partial charge in [-0.3, -0.25) is 0 Å². The normalized spacial score (nSPS) is 12.7. The van der Waals surface area contributed by atoms with Crippen molar-refractivity contribution in [3.63, 3.8) is 0 Å². The number of aryl methyl sites for hydroxylation is 1. The molecule has 0 aliphatic heterocycles. The second-order valence-corrected chi connectivity index (χ2v) is 5.33. The molecule has 0 N–H and O–H groups in total. The van der Waals surface area contributed by atoms with Crippen molar-refractivity contribution >= 4 is 15.9 Å². The van der Waals surface area contributed by atoms with Crippen molar-refractivity contribution in [2.45, 2.75) is 50.8 Å². The van der Waals surface area contributed by atoms with E-state index < -0.39 is 0 Å². The van der Waals surface area contributed by atoms with E-state index in [1.807, 2.05) is 0 Å². The van der Waals surface area contributed by atoms with E-state index in [1.165, 1.54) is 43.2 Å². The summed E-state index contributed by atoms with van der Waals surface area (Å²) < 4.78 is 0. The Morgan fingerprint density at radius 1 is 1.07 bits per heavy atom. The SMILES string of the molecule is CCCCCCC(Br)c1ccc(C)cc1. The van der Waals surface area contributed by atoms with Crippen LogP contribution >= 0.6 is 15.9 Å². The molecule has 0 heterocycles. The van der Waals surface area contributed by atoms with E-state index in [2.05, 4.69) is 54.0 Å². The van der Waals surface area contributed by atoms with Gasteiger partial charge in [-0.1, -0.05) is 78.4 Å². The van der Waals surface area contributed by atoms with Gasteiger partial charge < -0.3 is 0 Å². The van der Waals surface area contributed by atoms with Crippen LogP contribution in [0.3, 0.4) is 0 Å². The fourth-order valence-electron chi connectivity index (χ4n) is 1.69. The lowest BCUT2D eigenvalue weighted by molar-refractivity contribution is 0.630. The summed E-state index contributed by atoms with van der Waals surface area (Å²) in [4.78, 5) is 0.537. The maximum Gasteiger partial charge on any atom is 0.0395 e. The number of hydrogen-bond acceptors (Lipinski definition) is 0. The van der Waals surface area contributed by atoms with Gasteiger partial charge in [0.1, 0.15) is 0 Å². The standard InChI is InChI=1S/C14H21Br/c1-3-4-5-6-7-14(15)13-10-8-12(2)9-11-13/h8-11,14H,3-7H2,1-2H3. The quantitative estimate of drug-likeness (QED) is 0.479. The highest BCUT2D eigenvalue weighted by Gasteiger charge is 2.05. The first-order valence-corrected chi connectivity index (χ1v) is 6.86. The van der Waals surface area contributed by atoms with Gasteiger partial charge in [0, 0.05) is 4.83 Å². The largest absolute Gasteiger partial charge is 0.0839 e. The van der Waals surface area contributed by atoms with Gasteiger partial charge in [0.2, 0.25) is 0 Å². The number of halogens is 1. The van der Waals surface area contributed by atoms with Crippen LogP contribution in [0.1, 0.15) is 55.0 Å². The third-order valence-corrected chi connectivity index (χ3v) is 3.74. The molecule has 0 nitrogen and oxygen atoms in total. The lowest BCUT2D eigenvalue weighted by atomic mass is 10.0. The molecule has 15 heavy (non-hydrogen) atoms. The highest BCUT2D eigenvalue weighted by atomic mass is 79.9. The van der Waals surface area contributed by atoms with E-state index in [4.69, 9.17) is 0 Å². The zero-order valence-electron chi connectivity index (χ0n) is 9.80. The molecular formula is C14H21Br. The predicted octanol–water partition coefficient (Wildman–Crippen LogP) is 5.40. The van der Waals surface area contributed by atoms with Crippen molar-refractivity contribution in [2.75, 3.05) is 0 Å². The Balaban J connectivity index is 2.33. The molecule has 1 aromatic rings. The van der Waals surface area contributed by atoms with Crippen molar-refractivity contribution < 1.29 is 0 Å². The van der Waals surface area contributed by atoms with Gasteiger partial charge in [-0.25, -0.2) is 0 Å². The Morgan fingerprint density at radius 3 is 2.33 bits per heavy atom. The van der Waals surface area contributed by atoms with Crippen LogP contribution in [0.4, 0.5) is 0 Å². The van der Waals surface area contributed by atoms with Gasteiger partial charge in [0.05, 0.1) is 0 Å². The van der Waals surface area contributed by atoms with Crippen molar-refractivity contribution in [3.8, 4) is 0 Å². The van der Waals surface area contributed by atoms with Gasteiger partial charge in [-0.2, -0.15) is 0 Å². The van der Waals surface area contributed by atoms with Gasteiger partial charge >= 0.3 is 0 Å². The Bertz CT molecular complexity index is 263. The first-order valence-electron chi connectivity index (χ1n) is 5.94. The lowest BCUT2D eigenvalue weighted by Crippen LogP contribution is -1.90. The van der Waals surface area contributed by atoms with Crippen LogP contribution in [-0.2, 0) is 0 Å². The third kappa shape index (κ3) is 4.83. The number of hydrogen-bond donors (Lipinski definition) is 0. The first-order chi connectivity index (χ1) is 7.24. The molecule has 0 bridgehead atoms. The second kappa shape index (κ2) is 7.05. The van der Waals surface area contributed by atoms with Crippen LogP contribution in [0.2, 0.25) is 0 Å². The van der Waals surface area contributed by atoms with Crippen LogP contribution in [0.5, 0.6) is 0 Å². The molecule has 84 valence electrons. The third-order valence-electron chi connectivity index (χ3n) is 2.75. The van der Waals surface area contributed by atoms with Gasteiger partial charge in [0.15, 0.2) is 0 Å². The molecule has 0 saturated heterocycles. The minimum absolute atomic E-state index is 0.537. The second-order valence-electron chi connectivity index (χ2n) is 4.23. The van der Waals surface area contributed by atoms with Gasteiger partial charge in [-0.05, 0) is 18.9 Å². The summed E-state index contributed by atoms with van der Waals surface area (Å²) >= 11 is 3.76. The van der Waals surface area contributed by atoms with Crippen molar-refractivity contribution in [1.29, 1.82) is 0 Å². The average Bonchev–Trinajstić information content (AvgIpc) is 2.25. The summed E-state index contributed by atoms with van der Waals surface area (Å²) in [7, 11) is 0. The van der Waals surface area contributed by atoms with Gasteiger partial charge in [0.25, 0.3) is 0 Å². The molecule has 1 heteroatoms. The van der Waals surface area contributed by atoms with Gasteiger partial charge in [-0.15, -0.1) is 0 Å². The molecule has 1 unspecified atom stereocenters. The van der Waals surface area contributed by atoms with E-state index in [0.717, 1.165) is 0 Å². The van der Waals surface area contributed by atoms with Crippen LogP contribution < -0.4 is 0 Å². The van der Waals surface area contributed by atoms with E-state index in [-0.39, 0.29) is 0 Å². The summed E-state index contributed by atoms with van der Waals surface area (Å²) in [6.07, 6.45) is 6.64. The van der Waals surface area contributed by atoms with Crippen molar-refractivity contribution in [2.24, 2.45) is 0 Å². The smallest absolute Gasteiger partial charge is 0.0395 e. The molecule has 0 radical (unpaired) electrons. The highest BCUT2D eigenvalue weighted by molar-refractivity contribution is 9.09. The zero-order chi connectivity index (χ0) is 11.1. The van der Waals surface area contributed by atoms with E-state index in [9.17, 15) is 0 Å².